The number of nitrogens with zero attached hydrogens (tertiary/aromatic N) is 3. The number of pyridine rings is 1. The fourth-order valence-corrected chi connectivity index (χ4v) is 2.58. The number of aromatic nitrogens is 1. The molecule has 0 radical (unpaired) electrons. The Morgan fingerprint density at radius 3 is 2.58 bits per heavy atom. The molecule has 0 spiro atoms. The summed E-state index contributed by atoms with van der Waals surface area (Å²) in [4.78, 5) is 42.5. The van der Waals surface area contributed by atoms with Crippen molar-refractivity contribution in [3.63, 3.8) is 0 Å². The molecular formula is C16H21ClN4O5. The average Bonchev–Trinajstić information content (AvgIpc) is 2.52. The SMILES string of the molecule is CC(C)(C)OC(=O)N1CCN(C(=O)O)C(C(=O)Nc2cccc(Cl)n2)C1. The molecule has 0 aromatic carbocycles. The number of carboxylic acid groups (broad SMARTS) is 1. The molecule has 2 N–H and O–H groups in total. The minimum atomic E-state index is -1.24. The molecule has 1 fully saturated rings. The van der Waals surface area contributed by atoms with Gasteiger partial charge in [-0.2, -0.15) is 0 Å². The normalized spacial score (nSPS) is 17.6. The summed E-state index contributed by atoms with van der Waals surface area (Å²) in [5.41, 5.74) is -0.691. The van der Waals surface area contributed by atoms with Crippen molar-refractivity contribution in [1.82, 2.24) is 14.8 Å². The van der Waals surface area contributed by atoms with Crippen LogP contribution >= 0.6 is 11.6 Å². The Bertz CT molecular complexity index is 706. The van der Waals surface area contributed by atoms with Crippen LogP contribution in [0.2, 0.25) is 5.15 Å². The van der Waals surface area contributed by atoms with Crippen LogP contribution in [0.3, 0.4) is 0 Å². The predicted octanol–water partition coefficient (Wildman–Crippen LogP) is 2.27. The lowest BCUT2D eigenvalue weighted by Crippen LogP contribution is -2.60. The van der Waals surface area contributed by atoms with Gasteiger partial charge in [0.1, 0.15) is 22.6 Å². The molecule has 1 aliphatic rings. The topological polar surface area (TPSA) is 112 Å². The standard InChI is InChI=1S/C16H21ClN4O5/c1-16(2,3)26-15(25)20-7-8-21(14(23)24)10(9-20)13(22)19-12-6-4-5-11(17)18-12/h4-6,10H,7-9H2,1-3H3,(H,23,24)(H,18,19,22). The molecule has 26 heavy (non-hydrogen) atoms. The lowest BCUT2D eigenvalue weighted by Gasteiger charge is -2.39. The maximum absolute atomic E-state index is 12.6. The number of hydrogen-bond donors (Lipinski definition) is 2. The molecule has 3 amide bonds. The molecule has 0 bridgehead atoms. The lowest BCUT2D eigenvalue weighted by molar-refractivity contribution is -0.122. The summed E-state index contributed by atoms with van der Waals surface area (Å²) in [6.07, 6.45) is -1.84. The van der Waals surface area contributed by atoms with Crippen LogP contribution in [0.1, 0.15) is 20.8 Å². The van der Waals surface area contributed by atoms with E-state index in [0.717, 1.165) is 4.90 Å². The van der Waals surface area contributed by atoms with E-state index < -0.39 is 29.7 Å². The highest BCUT2D eigenvalue weighted by Gasteiger charge is 2.38. The van der Waals surface area contributed by atoms with Crippen LogP contribution in [-0.2, 0) is 9.53 Å². The van der Waals surface area contributed by atoms with Crippen LogP contribution < -0.4 is 5.32 Å². The molecule has 10 heteroatoms. The number of anilines is 1. The van der Waals surface area contributed by atoms with Gasteiger partial charge in [0.15, 0.2) is 0 Å². The first kappa shape index (κ1) is 19.8. The molecule has 1 unspecified atom stereocenters. The van der Waals surface area contributed by atoms with E-state index in [4.69, 9.17) is 16.3 Å². The van der Waals surface area contributed by atoms with E-state index in [1.807, 2.05) is 0 Å². The summed E-state index contributed by atoms with van der Waals surface area (Å²) in [5, 5.41) is 12.1. The minimum absolute atomic E-state index is 0.00433. The van der Waals surface area contributed by atoms with E-state index in [0.29, 0.717) is 0 Å². The molecule has 142 valence electrons. The van der Waals surface area contributed by atoms with Gasteiger partial charge in [0, 0.05) is 13.1 Å². The highest BCUT2D eigenvalue weighted by molar-refractivity contribution is 6.29. The molecule has 1 aliphatic heterocycles. The number of nitrogens with one attached hydrogen (secondary N) is 1. The molecule has 1 atom stereocenters. The number of rotatable bonds is 2. The third-order valence-corrected chi connectivity index (χ3v) is 3.76. The number of halogens is 1. The van der Waals surface area contributed by atoms with Crippen LogP contribution in [0, 0.1) is 0 Å². The highest BCUT2D eigenvalue weighted by Crippen LogP contribution is 2.17. The fourth-order valence-electron chi connectivity index (χ4n) is 2.42. The van der Waals surface area contributed by atoms with Crippen molar-refractivity contribution in [2.24, 2.45) is 0 Å². The number of carbonyl (C=O) groups is 3. The number of carbonyl (C=O) groups excluding carboxylic acids is 2. The quantitative estimate of drug-likeness (QED) is 0.756. The van der Waals surface area contributed by atoms with Crippen molar-refractivity contribution in [3.8, 4) is 0 Å². The van der Waals surface area contributed by atoms with Gasteiger partial charge in [-0.1, -0.05) is 17.7 Å². The van der Waals surface area contributed by atoms with Crippen LogP contribution in [0.25, 0.3) is 0 Å². The van der Waals surface area contributed by atoms with Gasteiger partial charge in [-0.15, -0.1) is 0 Å². The summed E-state index contributed by atoms with van der Waals surface area (Å²) < 4.78 is 5.29. The van der Waals surface area contributed by atoms with Crippen LogP contribution in [0.15, 0.2) is 18.2 Å². The second-order valence-electron chi connectivity index (χ2n) is 6.75. The number of amides is 3. The van der Waals surface area contributed by atoms with Gasteiger partial charge >= 0.3 is 12.2 Å². The maximum atomic E-state index is 12.6. The van der Waals surface area contributed by atoms with Crippen molar-refractivity contribution < 1.29 is 24.2 Å². The minimum Gasteiger partial charge on any atom is -0.465 e. The molecule has 2 rings (SSSR count). The fraction of sp³-hybridized carbons (Fsp3) is 0.500. The van der Waals surface area contributed by atoms with E-state index in [1.165, 1.54) is 11.0 Å². The van der Waals surface area contributed by atoms with Gasteiger partial charge in [-0.3, -0.25) is 9.69 Å². The highest BCUT2D eigenvalue weighted by atomic mass is 35.5. The first-order valence-electron chi connectivity index (χ1n) is 7.98. The Hall–Kier alpha value is -2.55. The Kier molecular flexibility index (Phi) is 5.91. The van der Waals surface area contributed by atoms with E-state index in [9.17, 15) is 19.5 Å². The monoisotopic (exact) mass is 384 g/mol. The van der Waals surface area contributed by atoms with Gasteiger partial charge in [0.2, 0.25) is 5.91 Å². The predicted molar refractivity (Wildman–Crippen MR) is 94.2 cm³/mol. The van der Waals surface area contributed by atoms with Gasteiger partial charge in [-0.05, 0) is 32.9 Å². The van der Waals surface area contributed by atoms with E-state index in [1.54, 1.807) is 32.9 Å². The second-order valence-corrected chi connectivity index (χ2v) is 7.14. The first-order chi connectivity index (χ1) is 12.1. The zero-order chi connectivity index (χ0) is 19.5. The zero-order valence-electron chi connectivity index (χ0n) is 14.7. The summed E-state index contributed by atoms with van der Waals surface area (Å²) >= 11 is 5.78. The third kappa shape index (κ3) is 5.22. The summed E-state index contributed by atoms with van der Waals surface area (Å²) in [6.45, 7) is 5.21. The van der Waals surface area contributed by atoms with Gasteiger partial charge in [-0.25, -0.2) is 14.6 Å². The van der Waals surface area contributed by atoms with Crippen molar-refractivity contribution >= 4 is 35.5 Å². The second kappa shape index (κ2) is 7.77. The van der Waals surface area contributed by atoms with Crippen molar-refractivity contribution in [2.75, 3.05) is 25.0 Å². The zero-order valence-corrected chi connectivity index (χ0v) is 15.5. The van der Waals surface area contributed by atoms with E-state index in [2.05, 4.69) is 10.3 Å². The smallest absolute Gasteiger partial charge is 0.410 e. The van der Waals surface area contributed by atoms with Crippen molar-refractivity contribution in [2.45, 2.75) is 32.4 Å². The van der Waals surface area contributed by atoms with Gasteiger partial charge < -0.3 is 20.1 Å². The molecular weight excluding hydrogens is 364 g/mol. The Balaban J connectivity index is 2.13. The maximum Gasteiger partial charge on any atom is 0.410 e. The summed E-state index contributed by atoms with van der Waals surface area (Å²) in [5.74, 6) is -0.405. The Morgan fingerprint density at radius 1 is 1.31 bits per heavy atom. The summed E-state index contributed by atoms with van der Waals surface area (Å²) in [7, 11) is 0. The van der Waals surface area contributed by atoms with Crippen LogP contribution in [-0.4, -0.2) is 69.3 Å². The average molecular weight is 385 g/mol. The molecule has 1 saturated heterocycles. The Labute approximate surface area is 155 Å². The van der Waals surface area contributed by atoms with Crippen molar-refractivity contribution in [3.05, 3.63) is 23.4 Å². The summed E-state index contributed by atoms with van der Waals surface area (Å²) in [6, 6.07) is 3.59. The number of piperazine rings is 1. The van der Waals surface area contributed by atoms with Crippen LogP contribution in [0.5, 0.6) is 0 Å². The van der Waals surface area contributed by atoms with E-state index >= 15 is 0 Å². The lowest BCUT2D eigenvalue weighted by atomic mass is 10.1. The van der Waals surface area contributed by atoms with E-state index in [-0.39, 0.29) is 30.6 Å². The Morgan fingerprint density at radius 2 is 2.00 bits per heavy atom. The molecule has 1 aromatic rings. The molecule has 1 aromatic heterocycles. The number of ether oxygens (including phenoxy) is 1. The largest absolute Gasteiger partial charge is 0.465 e. The van der Waals surface area contributed by atoms with Gasteiger partial charge in [0.25, 0.3) is 0 Å². The molecule has 9 nitrogen and oxygen atoms in total. The van der Waals surface area contributed by atoms with Crippen molar-refractivity contribution in [1.29, 1.82) is 0 Å². The third-order valence-electron chi connectivity index (χ3n) is 3.55. The number of hydrogen-bond acceptors (Lipinski definition) is 5. The molecule has 0 saturated carbocycles. The van der Waals surface area contributed by atoms with Gasteiger partial charge in [0.05, 0.1) is 6.54 Å². The first-order valence-corrected chi connectivity index (χ1v) is 8.35. The molecule has 2 heterocycles. The molecule has 0 aliphatic carbocycles. The van der Waals surface area contributed by atoms with Crippen LogP contribution in [0.4, 0.5) is 15.4 Å².